The molecule has 0 aliphatic rings. The topological polar surface area (TPSA) is 46.5 Å². The van der Waals surface area contributed by atoms with Gasteiger partial charge in [-0.2, -0.15) is 0 Å². The summed E-state index contributed by atoms with van der Waals surface area (Å²) in [6.45, 7) is 3.92. The quantitative estimate of drug-likeness (QED) is 0.609. The highest BCUT2D eigenvalue weighted by molar-refractivity contribution is 5.89. The summed E-state index contributed by atoms with van der Waals surface area (Å²) < 4.78 is 4.86. The van der Waals surface area contributed by atoms with Crippen LogP contribution in [0.2, 0.25) is 0 Å². The number of aliphatic hydroxyl groups excluding tert-OH is 1. The highest BCUT2D eigenvalue weighted by atomic mass is 16.6. The molecule has 0 aromatic heterocycles. The second kappa shape index (κ2) is 5.51. The van der Waals surface area contributed by atoms with Crippen molar-refractivity contribution in [2.24, 2.45) is 5.92 Å². The number of ether oxygens (including phenoxy) is 1. The molecule has 1 atom stereocenters. The number of carbonyl (C=O) groups excluding carboxylic acids is 1. The average molecular weight is 208 g/mol. The zero-order chi connectivity index (χ0) is 11.3. The van der Waals surface area contributed by atoms with Crippen LogP contribution in [0.5, 0.6) is 0 Å². The standard InChI is InChI=1S/C12H16O3/c1-9(2)8-11(13)15-12(14)10-6-4-3-5-7-10/h3-7,9,11,13H,8H2,1-2H3. The van der Waals surface area contributed by atoms with E-state index in [0.29, 0.717) is 17.9 Å². The Labute approximate surface area is 89.7 Å². The van der Waals surface area contributed by atoms with E-state index in [9.17, 15) is 9.90 Å². The van der Waals surface area contributed by atoms with Crippen LogP contribution >= 0.6 is 0 Å². The molecule has 3 nitrogen and oxygen atoms in total. The van der Waals surface area contributed by atoms with Gasteiger partial charge in [-0.3, -0.25) is 0 Å². The first kappa shape index (κ1) is 11.7. The zero-order valence-corrected chi connectivity index (χ0v) is 9.01. The minimum atomic E-state index is -1.02. The van der Waals surface area contributed by atoms with Gasteiger partial charge in [0, 0.05) is 6.42 Å². The van der Waals surface area contributed by atoms with Crippen LogP contribution in [0.4, 0.5) is 0 Å². The Kier molecular flexibility index (Phi) is 4.31. The van der Waals surface area contributed by atoms with Crippen molar-refractivity contribution in [2.75, 3.05) is 0 Å². The van der Waals surface area contributed by atoms with E-state index in [1.165, 1.54) is 0 Å². The number of aliphatic hydroxyl groups is 1. The Morgan fingerprint density at radius 1 is 1.33 bits per heavy atom. The van der Waals surface area contributed by atoms with E-state index in [4.69, 9.17) is 4.74 Å². The van der Waals surface area contributed by atoms with Gasteiger partial charge in [-0.1, -0.05) is 32.0 Å². The van der Waals surface area contributed by atoms with E-state index >= 15 is 0 Å². The van der Waals surface area contributed by atoms with Gasteiger partial charge in [-0.15, -0.1) is 0 Å². The number of hydrogen-bond donors (Lipinski definition) is 1. The second-order valence-corrected chi connectivity index (χ2v) is 3.86. The van der Waals surface area contributed by atoms with Crippen molar-refractivity contribution < 1.29 is 14.6 Å². The van der Waals surface area contributed by atoms with Crippen LogP contribution in [-0.4, -0.2) is 17.4 Å². The second-order valence-electron chi connectivity index (χ2n) is 3.86. The molecule has 0 saturated heterocycles. The highest BCUT2D eigenvalue weighted by Gasteiger charge is 2.13. The first-order chi connectivity index (χ1) is 7.09. The third kappa shape index (κ3) is 4.13. The van der Waals surface area contributed by atoms with Crippen molar-refractivity contribution in [3.05, 3.63) is 35.9 Å². The number of esters is 1. The van der Waals surface area contributed by atoms with Crippen molar-refractivity contribution in [3.63, 3.8) is 0 Å². The minimum Gasteiger partial charge on any atom is -0.432 e. The molecule has 0 heterocycles. The molecule has 0 saturated carbocycles. The lowest BCUT2D eigenvalue weighted by molar-refractivity contribution is -0.0741. The summed E-state index contributed by atoms with van der Waals surface area (Å²) in [6, 6.07) is 8.65. The van der Waals surface area contributed by atoms with Crippen LogP contribution < -0.4 is 0 Å². The minimum absolute atomic E-state index is 0.295. The SMILES string of the molecule is CC(C)CC(O)OC(=O)c1ccccc1. The number of carbonyl (C=O) groups is 1. The summed E-state index contributed by atoms with van der Waals surface area (Å²) in [5, 5.41) is 9.41. The summed E-state index contributed by atoms with van der Waals surface area (Å²) in [7, 11) is 0. The average Bonchev–Trinajstić information content (AvgIpc) is 2.17. The van der Waals surface area contributed by atoms with E-state index in [1.54, 1.807) is 24.3 Å². The van der Waals surface area contributed by atoms with Crippen molar-refractivity contribution in [1.29, 1.82) is 0 Å². The van der Waals surface area contributed by atoms with E-state index in [-0.39, 0.29) is 0 Å². The molecule has 0 bridgehead atoms. The Morgan fingerprint density at radius 2 is 1.93 bits per heavy atom. The van der Waals surface area contributed by atoms with Gasteiger partial charge in [-0.05, 0) is 18.1 Å². The molecule has 15 heavy (non-hydrogen) atoms. The lowest BCUT2D eigenvalue weighted by Gasteiger charge is -2.13. The molecular formula is C12H16O3. The normalized spacial score (nSPS) is 12.5. The predicted octanol–water partition coefficient (Wildman–Crippen LogP) is 2.21. The van der Waals surface area contributed by atoms with Gasteiger partial charge in [0.15, 0.2) is 0 Å². The molecule has 1 aromatic rings. The molecule has 0 aliphatic heterocycles. The van der Waals surface area contributed by atoms with Crippen LogP contribution in [0.15, 0.2) is 30.3 Å². The van der Waals surface area contributed by atoms with E-state index in [2.05, 4.69) is 0 Å². The Hall–Kier alpha value is -1.35. The maximum absolute atomic E-state index is 11.5. The van der Waals surface area contributed by atoms with Crippen molar-refractivity contribution in [2.45, 2.75) is 26.6 Å². The lowest BCUT2D eigenvalue weighted by Crippen LogP contribution is -2.19. The molecule has 82 valence electrons. The van der Waals surface area contributed by atoms with Crippen LogP contribution in [0.1, 0.15) is 30.6 Å². The fourth-order valence-electron chi connectivity index (χ4n) is 1.22. The van der Waals surface area contributed by atoms with Crippen molar-refractivity contribution in [1.82, 2.24) is 0 Å². The van der Waals surface area contributed by atoms with Crippen LogP contribution in [0.3, 0.4) is 0 Å². The molecule has 0 aliphatic carbocycles. The Balaban J connectivity index is 2.49. The van der Waals surface area contributed by atoms with Gasteiger partial charge in [-0.25, -0.2) is 4.79 Å². The molecule has 3 heteroatoms. The lowest BCUT2D eigenvalue weighted by atomic mass is 10.1. The number of hydrogen-bond acceptors (Lipinski definition) is 3. The first-order valence-corrected chi connectivity index (χ1v) is 5.03. The van der Waals surface area contributed by atoms with Crippen molar-refractivity contribution >= 4 is 5.97 Å². The van der Waals surface area contributed by atoms with Gasteiger partial charge in [0.2, 0.25) is 6.29 Å². The highest BCUT2D eigenvalue weighted by Crippen LogP contribution is 2.09. The van der Waals surface area contributed by atoms with Crippen LogP contribution in [-0.2, 0) is 4.74 Å². The summed E-state index contributed by atoms with van der Waals surface area (Å²) in [4.78, 5) is 11.5. The maximum Gasteiger partial charge on any atom is 0.340 e. The zero-order valence-electron chi connectivity index (χ0n) is 9.01. The monoisotopic (exact) mass is 208 g/mol. The van der Waals surface area contributed by atoms with Gasteiger partial charge < -0.3 is 9.84 Å². The number of benzene rings is 1. The molecular weight excluding hydrogens is 192 g/mol. The molecule has 1 unspecified atom stereocenters. The third-order valence-corrected chi connectivity index (χ3v) is 1.93. The smallest absolute Gasteiger partial charge is 0.340 e. The van der Waals surface area contributed by atoms with Gasteiger partial charge >= 0.3 is 5.97 Å². The molecule has 0 spiro atoms. The molecule has 0 radical (unpaired) electrons. The molecule has 1 aromatic carbocycles. The summed E-state index contributed by atoms with van der Waals surface area (Å²) in [5.74, 6) is -0.188. The van der Waals surface area contributed by atoms with Gasteiger partial charge in [0.05, 0.1) is 5.56 Å². The largest absolute Gasteiger partial charge is 0.432 e. The summed E-state index contributed by atoms with van der Waals surface area (Å²) in [6.07, 6.45) is -0.559. The Bertz CT molecular complexity index is 306. The predicted molar refractivity (Wildman–Crippen MR) is 57.3 cm³/mol. The number of rotatable bonds is 4. The van der Waals surface area contributed by atoms with Crippen LogP contribution in [0, 0.1) is 5.92 Å². The van der Waals surface area contributed by atoms with E-state index in [0.717, 1.165) is 0 Å². The fourth-order valence-corrected chi connectivity index (χ4v) is 1.22. The Morgan fingerprint density at radius 3 is 2.47 bits per heavy atom. The summed E-state index contributed by atoms with van der Waals surface area (Å²) in [5.41, 5.74) is 0.459. The maximum atomic E-state index is 11.5. The van der Waals surface area contributed by atoms with Gasteiger partial charge in [0.1, 0.15) is 0 Å². The molecule has 1 N–H and O–H groups in total. The van der Waals surface area contributed by atoms with E-state index < -0.39 is 12.3 Å². The molecule has 0 fully saturated rings. The fraction of sp³-hybridized carbons (Fsp3) is 0.417. The van der Waals surface area contributed by atoms with E-state index in [1.807, 2.05) is 19.9 Å². The van der Waals surface area contributed by atoms with Crippen LogP contribution in [0.25, 0.3) is 0 Å². The van der Waals surface area contributed by atoms with Crippen molar-refractivity contribution in [3.8, 4) is 0 Å². The summed E-state index contributed by atoms with van der Waals surface area (Å²) >= 11 is 0. The van der Waals surface area contributed by atoms with Gasteiger partial charge in [0.25, 0.3) is 0 Å². The third-order valence-electron chi connectivity index (χ3n) is 1.93. The first-order valence-electron chi connectivity index (χ1n) is 5.03. The molecule has 0 amide bonds. The molecule has 1 rings (SSSR count).